The minimum atomic E-state index is 0.0810. The van der Waals surface area contributed by atoms with Crippen molar-refractivity contribution in [2.75, 3.05) is 6.54 Å². The molecule has 0 fully saturated rings. The van der Waals surface area contributed by atoms with Crippen molar-refractivity contribution in [3.63, 3.8) is 0 Å². The molecule has 18 heavy (non-hydrogen) atoms. The van der Waals surface area contributed by atoms with Gasteiger partial charge in [0.2, 0.25) is 0 Å². The van der Waals surface area contributed by atoms with Crippen LogP contribution in [0.4, 0.5) is 0 Å². The van der Waals surface area contributed by atoms with Crippen LogP contribution < -0.4 is 5.32 Å². The molecule has 1 aromatic carbocycles. The third-order valence-electron chi connectivity index (χ3n) is 2.56. The molecule has 2 aromatic rings. The number of rotatable bonds is 4. The van der Waals surface area contributed by atoms with Gasteiger partial charge >= 0.3 is 0 Å². The van der Waals surface area contributed by atoms with Crippen molar-refractivity contribution in [3.8, 4) is 0 Å². The highest BCUT2D eigenvalue weighted by Crippen LogP contribution is 2.35. The lowest BCUT2D eigenvalue weighted by atomic mass is 10.1. The number of thiophene rings is 1. The van der Waals surface area contributed by atoms with Crippen molar-refractivity contribution in [1.29, 1.82) is 0 Å². The second-order valence-electron chi connectivity index (χ2n) is 3.80. The standard InChI is InChI=1S/C13H12BrCl2NS/c1-2-17-13(11-5-6-12(14)18-11)9-7-8(15)3-4-10(9)16/h3-7,13,17H,2H2,1H3. The summed E-state index contributed by atoms with van der Waals surface area (Å²) >= 11 is 17.5. The largest absolute Gasteiger partial charge is 0.306 e. The maximum atomic E-state index is 6.28. The molecule has 0 aliphatic carbocycles. The number of halogens is 3. The van der Waals surface area contributed by atoms with Crippen molar-refractivity contribution in [1.82, 2.24) is 5.32 Å². The second kappa shape index (κ2) is 6.40. The Kier molecular flexibility index (Phi) is 5.10. The Balaban J connectivity index is 2.44. The highest BCUT2D eigenvalue weighted by molar-refractivity contribution is 9.11. The van der Waals surface area contributed by atoms with E-state index in [-0.39, 0.29) is 6.04 Å². The van der Waals surface area contributed by atoms with Crippen molar-refractivity contribution >= 4 is 50.5 Å². The van der Waals surface area contributed by atoms with Gasteiger partial charge in [-0.1, -0.05) is 30.1 Å². The Morgan fingerprint density at radius 3 is 2.67 bits per heavy atom. The van der Waals surface area contributed by atoms with Crippen LogP contribution >= 0.6 is 50.5 Å². The monoisotopic (exact) mass is 363 g/mol. The molecule has 0 bridgehead atoms. The molecule has 2 rings (SSSR count). The van der Waals surface area contributed by atoms with Gasteiger partial charge in [0.05, 0.1) is 9.83 Å². The summed E-state index contributed by atoms with van der Waals surface area (Å²) in [7, 11) is 0. The highest BCUT2D eigenvalue weighted by Gasteiger charge is 2.18. The van der Waals surface area contributed by atoms with Gasteiger partial charge in [-0.15, -0.1) is 11.3 Å². The number of nitrogens with one attached hydrogen (secondary N) is 1. The Morgan fingerprint density at radius 2 is 2.06 bits per heavy atom. The molecule has 96 valence electrons. The van der Waals surface area contributed by atoms with E-state index < -0.39 is 0 Å². The van der Waals surface area contributed by atoms with E-state index >= 15 is 0 Å². The van der Waals surface area contributed by atoms with Crippen LogP contribution in [-0.2, 0) is 0 Å². The van der Waals surface area contributed by atoms with Gasteiger partial charge in [-0.2, -0.15) is 0 Å². The summed E-state index contributed by atoms with van der Waals surface area (Å²) in [6.07, 6.45) is 0. The van der Waals surface area contributed by atoms with Crippen LogP contribution in [-0.4, -0.2) is 6.54 Å². The van der Waals surface area contributed by atoms with Crippen LogP contribution in [0.5, 0.6) is 0 Å². The smallest absolute Gasteiger partial charge is 0.0702 e. The van der Waals surface area contributed by atoms with Crippen molar-refractivity contribution in [2.45, 2.75) is 13.0 Å². The lowest BCUT2D eigenvalue weighted by Crippen LogP contribution is -2.21. The van der Waals surface area contributed by atoms with Gasteiger partial charge in [-0.05, 0) is 58.4 Å². The van der Waals surface area contributed by atoms with E-state index in [9.17, 15) is 0 Å². The summed E-state index contributed by atoms with van der Waals surface area (Å²) in [6.45, 7) is 2.94. The molecule has 1 atom stereocenters. The fraction of sp³-hybridized carbons (Fsp3) is 0.231. The molecule has 1 N–H and O–H groups in total. The third kappa shape index (κ3) is 3.28. The van der Waals surface area contributed by atoms with Gasteiger partial charge in [0.1, 0.15) is 0 Å². The molecule has 1 aromatic heterocycles. The lowest BCUT2D eigenvalue weighted by Gasteiger charge is -2.18. The zero-order valence-corrected chi connectivity index (χ0v) is 13.6. The van der Waals surface area contributed by atoms with E-state index in [0.717, 1.165) is 20.9 Å². The van der Waals surface area contributed by atoms with Crippen LogP contribution in [0.15, 0.2) is 34.1 Å². The summed E-state index contributed by atoms with van der Waals surface area (Å²) in [4.78, 5) is 1.22. The molecule has 0 saturated carbocycles. The molecule has 1 nitrogen and oxygen atoms in total. The number of benzene rings is 1. The Morgan fingerprint density at radius 1 is 1.28 bits per heavy atom. The van der Waals surface area contributed by atoms with Gasteiger partial charge < -0.3 is 5.32 Å². The molecule has 0 aliphatic heterocycles. The number of hydrogen-bond donors (Lipinski definition) is 1. The molecule has 0 amide bonds. The van der Waals surface area contributed by atoms with E-state index in [1.54, 1.807) is 17.4 Å². The van der Waals surface area contributed by atoms with Gasteiger partial charge in [0.25, 0.3) is 0 Å². The van der Waals surface area contributed by atoms with Gasteiger partial charge in [0, 0.05) is 14.9 Å². The van der Waals surface area contributed by atoms with Crippen LogP contribution in [0.2, 0.25) is 10.0 Å². The Labute approximate surface area is 129 Å². The fourth-order valence-electron chi connectivity index (χ4n) is 1.79. The maximum absolute atomic E-state index is 6.28. The first-order valence-electron chi connectivity index (χ1n) is 5.55. The Bertz CT molecular complexity index is 542. The van der Waals surface area contributed by atoms with Crippen LogP contribution in [0.1, 0.15) is 23.4 Å². The van der Waals surface area contributed by atoms with Crippen molar-refractivity contribution in [3.05, 3.63) is 54.6 Å². The minimum absolute atomic E-state index is 0.0810. The van der Waals surface area contributed by atoms with E-state index in [1.807, 2.05) is 18.2 Å². The average molecular weight is 365 g/mol. The molecule has 1 heterocycles. The molecule has 1 unspecified atom stereocenters. The van der Waals surface area contributed by atoms with E-state index in [0.29, 0.717) is 5.02 Å². The molecule has 0 saturated heterocycles. The first-order chi connectivity index (χ1) is 8.61. The van der Waals surface area contributed by atoms with Crippen LogP contribution in [0.25, 0.3) is 0 Å². The lowest BCUT2D eigenvalue weighted by molar-refractivity contribution is 0.640. The topological polar surface area (TPSA) is 12.0 Å². The fourth-order valence-corrected chi connectivity index (χ4v) is 3.71. The van der Waals surface area contributed by atoms with Crippen LogP contribution in [0.3, 0.4) is 0 Å². The summed E-state index contributed by atoms with van der Waals surface area (Å²) in [5.74, 6) is 0. The predicted molar refractivity (Wildman–Crippen MR) is 84.0 cm³/mol. The molecule has 0 radical (unpaired) electrons. The normalized spacial score (nSPS) is 12.7. The van der Waals surface area contributed by atoms with Gasteiger partial charge in [-0.25, -0.2) is 0 Å². The first-order valence-corrected chi connectivity index (χ1v) is 7.92. The minimum Gasteiger partial charge on any atom is -0.306 e. The van der Waals surface area contributed by atoms with Gasteiger partial charge in [0.15, 0.2) is 0 Å². The van der Waals surface area contributed by atoms with Crippen molar-refractivity contribution < 1.29 is 0 Å². The van der Waals surface area contributed by atoms with E-state index in [4.69, 9.17) is 23.2 Å². The average Bonchev–Trinajstić information content (AvgIpc) is 2.76. The van der Waals surface area contributed by atoms with Crippen LogP contribution in [0, 0.1) is 0 Å². The second-order valence-corrected chi connectivity index (χ2v) is 7.14. The Hall–Kier alpha value is -0.0600. The zero-order chi connectivity index (χ0) is 13.1. The molecular weight excluding hydrogens is 353 g/mol. The summed E-state index contributed by atoms with van der Waals surface area (Å²) in [6, 6.07) is 9.79. The highest BCUT2D eigenvalue weighted by atomic mass is 79.9. The summed E-state index contributed by atoms with van der Waals surface area (Å²) in [5, 5.41) is 4.88. The quantitative estimate of drug-likeness (QED) is 0.753. The third-order valence-corrected chi connectivity index (χ3v) is 4.82. The summed E-state index contributed by atoms with van der Waals surface area (Å²) < 4.78 is 1.11. The van der Waals surface area contributed by atoms with E-state index in [2.05, 4.69) is 34.2 Å². The maximum Gasteiger partial charge on any atom is 0.0702 e. The van der Waals surface area contributed by atoms with Crippen molar-refractivity contribution in [2.24, 2.45) is 0 Å². The first kappa shape index (κ1) is 14.4. The van der Waals surface area contributed by atoms with Gasteiger partial charge in [-0.3, -0.25) is 0 Å². The molecular formula is C13H12BrCl2NS. The SMILES string of the molecule is CCNC(c1ccc(Br)s1)c1cc(Cl)ccc1Cl. The number of hydrogen-bond acceptors (Lipinski definition) is 2. The molecule has 0 aliphatic rings. The van der Waals surface area contributed by atoms with E-state index in [1.165, 1.54) is 4.88 Å². The predicted octanol–water partition coefficient (Wildman–Crippen LogP) is 5.52. The zero-order valence-electron chi connectivity index (χ0n) is 9.71. The summed E-state index contributed by atoms with van der Waals surface area (Å²) in [5.41, 5.74) is 1.01. The molecule has 5 heteroatoms. The molecule has 0 spiro atoms.